The van der Waals surface area contributed by atoms with Gasteiger partial charge in [0.1, 0.15) is 16.2 Å². The van der Waals surface area contributed by atoms with Crippen molar-refractivity contribution in [2.24, 2.45) is 0 Å². The fraction of sp³-hybridized carbons (Fsp3) is 0.238. The first-order valence-electron chi connectivity index (χ1n) is 9.25. The van der Waals surface area contributed by atoms with Crippen LogP contribution in [0.4, 0.5) is 5.69 Å². The predicted molar refractivity (Wildman–Crippen MR) is 123 cm³/mol. The van der Waals surface area contributed by atoms with Crippen LogP contribution in [-0.4, -0.2) is 26.8 Å². The summed E-state index contributed by atoms with van der Waals surface area (Å²) in [7, 11) is 0. The number of carbonyl (C=O) groups excluding carboxylic acids is 1. The van der Waals surface area contributed by atoms with E-state index < -0.39 is 0 Å². The molecule has 0 atom stereocenters. The SMILES string of the molecule is CCc1cccc(C)c1NC(=O)CSc1nnc(-c2cccs2)c2sc(C)nc12. The third kappa shape index (κ3) is 4.19. The van der Waals surface area contributed by atoms with Gasteiger partial charge in [-0.2, -0.15) is 0 Å². The molecule has 3 heterocycles. The predicted octanol–water partition coefficient (Wildman–Crippen LogP) is 5.72. The monoisotopic (exact) mass is 440 g/mol. The molecule has 1 amide bonds. The summed E-state index contributed by atoms with van der Waals surface area (Å²) in [5.74, 6) is 0.208. The summed E-state index contributed by atoms with van der Waals surface area (Å²) >= 11 is 4.63. The number of rotatable bonds is 6. The molecule has 1 aromatic carbocycles. The third-order valence-corrected chi connectivity index (χ3v) is 7.30. The van der Waals surface area contributed by atoms with Crippen LogP contribution in [0, 0.1) is 13.8 Å². The van der Waals surface area contributed by atoms with Gasteiger partial charge in [0.05, 0.1) is 20.3 Å². The van der Waals surface area contributed by atoms with Gasteiger partial charge in [-0.05, 0) is 42.8 Å². The molecule has 0 unspecified atom stereocenters. The van der Waals surface area contributed by atoms with E-state index in [1.165, 1.54) is 11.8 Å². The first-order valence-corrected chi connectivity index (χ1v) is 11.9. The molecular weight excluding hydrogens is 420 g/mol. The van der Waals surface area contributed by atoms with Gasteiger partial charge in [0, 0.05) is 5.69 Å². The van der Waals surface area contributed by atoms with E-state index >= 15 is 0 Å². The number of nitrogens with one attached hydrogen (secondary N) is 1. The first kappa shape index (κ1) is 20.0. The van der Waals surface area contributed by atoms with Crippen LogP contribution in [0.3, 0.4) is 0 Å². The fourth-order valence-electron chi connectivity index (χ4n) is 3.10. The Hall–Kier alpha value is -2.29. The van der Waals surface area contributed by atoms with Crippen molar-refractivity contribution in [2.45, 2.75) is 32.2 Å². The summed E-state index contributed by atoms with van der Waals surface area (Å²) in [6.45, 7) is 6.08. The number of anilines is 1. The van der Waals surface area contributed by atoms with Crippen LogP contribution in [-0.2, 0) is 11.2 Å². The van der Waals surface area contributed by atoms with E-state index in [1.54, 1.807) is 22.7 Å². The van der Waals surface area contributed by atoms with Crippen LogP contribution < -0.4 is 5.32 Å². The highest BCUT2D eigenvalue weighted by Crippen LogP contribution is 2.36. The minimum Gasteiger partial charge on any atom is -0.325 e. The zero-order chi connectivity index (χ0) is 20.4. The van der Waals surface area contributed by atoms with Crippen molar-refractivity contribution in [2.75, 3.05) is 11.1 Å². The van der Waals surface area contributed by atoms with Crippen LogP contribution in [0.5, 0.6) is 0 Å². The van der Waals surface area contributed by atoms with Crippen molar-refractivity contribution < 1.29 is 4.79 Å². The van der Waals surface area contributed by atoms with Crippen molar-refractivity contribution in [3.05, 3.63) is 51.8 Å². The van der Waals surface area contributed by atoms with E-state index in [4.69, 9.17) is 0 Å². The van der Waals surface area contributed by atoms with E-state index in [0.717, 1.165) is 49.0 Å². The Balaban J connectivity index is 1.55. The van der Waals surface area contributed by atoms with Gasteiger partial charge in [-0.15, -0.1) is 32.9 Å². The van der Waals surface area contributed by atoms with E-state index in [9.17, 15) is 4.79 Å². The van der Waals surface area contributed by atoms with Crippen LogP contribution >= 0.6 is 34.4 Å². The van der Waals surface area contributed by atoms with E-state index in [2.05, 4.69) is 27.4 Å². The molecule has 8 heteroatoms. The number of aryl methyl sites for hydroxylation is 3. The Kier molecular flexibility index (Phi) is 5.94. The van der Waals surface area contributed by atoms with Crippen molar-refractivity contribution in [1.82, 2.24) is 15.2 Å². The van der Waals surface area contributed by atoms with Crippen LogP contribution in [0.2, 0.25) is 0 Å². The Bertz CT molecular complexity index is 1170. The average molecular weight is 441 g/mol. The van der Waals surface area contributed by atoms with Crippen LogP contribution in [0.25, 0.3) is 20.8 Å². The number of nitrogens with zero attached hydrogens (tertiary/aromatic N) is 3. The van der Waals surface area contributed by atoms with Gasteiger partial charge in [-0.1, -0.05) is 43.0 Å². The van der Waals surface area contributed by atoms with E-state index in [-0.39, 0.29) is 11.7 Å². The number of thioether (sulfide) groups is 1. The number of carbonyl (C=O) groups is 1. The maximum absolute atomic E-state index is 12.6. The molecule has 1 N–H and O–H groups in total. The largest absolute Gasteiger partial charge is 0.325 e. The molecule has 5 nitrogen and oxygen atoms in total. The molecule has 0 aliphatic heterocycles. The van der Waals surface area contributed by atoms with Crippen molar-refractivity contribution >= 4 is 56.2 Å². The molecule has 0 aliphatic rings. The van der Waals surface area contributed by atoms with Crippen molar-refractivity contribution in [1.29, 1.82) is 0 Å². The first-order chi connectivity index (χ1) is 14.1. The molecule has 0 saturated carbocycles. The summed E-state index contributed by atoms with van der Waals surface area (Å²) in [4.78, 5) is 18.3. The number of para-hydroxylation sites is 1. The molecule has 0 bridgehead atoms. The molecule has 148 valence electrons. The fourth-order valence-corrected chi connectivity index (χ4v) is 5.59. The highest BCUT2D eigenvalue weighted by atomic mass is 32.2. The molecular formula is C21H20N4OS3. The number of amides is 1. The smallest absolute Gasteiger partial charge is 0.234 e. The minimum atomic E-state index is -0.0526. The Morgan fingerprint density at radius 3 is 2.79 bits per heavy atom. The number of fused-ring (bicyclic) bond motifs is 1. The van der Waals surface area contributed by atoms with Crippen LogP contribution in [0.1, 0.15) is 23.1 Å². The third-order valence-electron chi connectivity index (χ3n) is 4.49. The lowest BCUT2D eigenvalue weighted by molar-refractivity contribution is -0.113. The highest BCUT2D eigenvalue weighted by Gasteiger charge is 2.18. The quantitative estimate of drug-likeness (QED) is 0.388. The Morgan fingerprint density at radius 1 is 1.17 bits per heavy atom. The lowest BCUT2D eigenvalue weighted by Crippen LogP contribution is -2.16. The number of benzene rings is 1. The normalized spacial score (nSPS) is 11.1. The van der Waals surface area contributed by atoms with E-state index in [0.29, 0.717) is 5.03 Å². The molecule has 0 spiro atoms. The summed E-state index contributed by atoms with van der Waals surface area (Å²) in [6, 6.07) is 10.1. The van der Waals surface area contributed by atoms with Crippen molar-refractivity contribution in [3.8, 4) is 10.6 Å². The topological polar surface area (TPSA) is 67.8 Å². The second-order valence-corrected chi connectivity index (χ2v) is 9.66. The van der Waals surface area contributed by atoms with Crippen LogP contribution in [0.15, 0.2) is 40.7 Å². The number of thiophene rings is 1. The molecule has 0 fully saturated rings. The highest BCUT2D eigenvalue weighted by molar-refractivity contribution is 8.00. The van der Waals surface area contributed by atoms with Gasteiger partial charge in [0.15, 0.2) is 0 Å². The summed E-state index contributed by atoms with van der Waals surface area (Å²) in [6.07, 6.45) is 0.874. The summed E-state index contributed by atoms with van der Waals surface area (Å²) in [5.41, 5.74) is 4.81. The lowest BCUT2D eigenvalue weighted by Gasteiger charge is -2.12. The van der Waals surface area contributed by atoms with Gasteiger partial charge in [0.2, 0.25) is 5.91 Å². The molecule has 3 aromatic heterocycles. The van der Waals surface area contributed by atoms with Gasteiger partial charge >= 0.3 is 0 Å². The van der Waals surface area contributed by atoms with Gasteiger partial charge in [-0.25, -0.2) is 4.98 Å². The zero-order valence-electron chi connectivity index (χ0n) is 16.4. The summed E-state index contributed by atoms with van der Waals surface area (Å²) in [5, 5.41) is 15.6. The molecule has 0 radical (unpaired) electrons. The second kappa shape index (κ2) is 8.61. The van der Waals surface area contributed by atoms with Gasteiger partial charge in [0.25, 0.3) is 0 Å². The molecule has 4 aromatic rings. The maximum atomic E-state index is 12.6. The molecule has 4 rings (SSSR count). The Labute approximate surface area is 181 Å². The second-order valence-electron chi connectivity index (χ2n) is 6.54. The Morgan fingerprint density at radius 2 is 2.03 bits per heavy atom. The summed E-state index contributed by atoms with van der Waals surface area (Å²) < 4.78 is 1.02. The number of hydrogen-bond donors (Lipinski definition) is 1. The minimum absolute atomic E-state index is 0.0526. The van der Waals surface area contributed by atoms with Crippen molar-refractivity contribution in [3.63, 3.8) is 0 Å². The number of hydrogen-bond acceptors (Lipinski definition) is 7. The maximum Gasteiger partial charge on any atom is 0.234 e. The average Bonchev–Trinajstić information content (AvgIpc) is 3.37. The zero-order valence-corrected chi connectivity index (χ0v) is 18.8. The lowest BCUT2D eigenvalue weighted by atomic mass is 10.1. The number of thiazole rings is 1. The van der Waals surface area contributed by atoms with Gasteiger partial charge < -0.3 is 5.32 Å². The van der Waals surface area contributed by atoms with E-state index in [1.807, 2.05) is 49.6 Å². The number of aromatic nitrogens is 3. The standard InChI is InChI=1S/C21H20N4OS3/c1-4-14-8-5-7-12(2)17(14)23-16(26)11-28-21-19-20(29-13(3)22-19)18(24-25-21)15-9-6-10-27-15/h5-10H,4,11H2,1-3H3,(H,23,26). The molecule has 0 saturated heterocycles. The molecule has 0 aliphatic carbocycles. The molecule has 29 heavy (non-hydrogen) atoms. The van der Waals surface area contributed by atoms with Gasteiger partial charge in [-0.3, -0.25) is 4.79 Å².